The first-order valence-electron chi connectivity index (χ1n) is 6.59. The van der Waals surface area contributed by atoms with E-state index in [2.05, 4.69) is 13.8 Å². The molecular formula is C15H20F3N. The highest BCUT2D eigenvalue weighted by atomic mass is 19.4. The van der Waals surface area contributed by atoms with E-state index in [0.717, 1.165) is 31.7 Å². The lowest BCUT2D eigenvalue weighted by Gasteiger charge is -2.41. The van der Waals surface area contributed by atoms with Gasteiger partial charge in [-0.15, -0.1) is 0 Å². The molecule has 106 valence electrons. The Morgan fingerprint density at radius 3 is 2.16 bits per heavy atom. The quantitative estimate of drug-likeness (QED) is 0.801. The number of alkyl halides is 3. The predicted molar refractivity (Wildman–Crippen MR) is 69.6 cm³/mol. The topological polar surface area (TPSA) is 26.0 Å². The Labute approximate surface area is 112 Å². The molecule has 19 heavy (non-hydrogen) atoms. The predicted octanol–water partition coefficient (Wildman–Crippen LogP) is 4.46. The van der Waals surface area contributed by atoms with Crippen molar-refractivity contribution in [3.8, 4) is 0 Å². The molecule has 0 heterocycles. The Bertz CT molecular complexity index is 453. The standard InChI is InChI=1S/C15H20F3N/c1-13(2)6-8-14(19,9-7-13)11-4-3-5-12(10-11)15(16,17)18/h3-5,10H,6-9,19H2,1-2H3. The van der Waals surface area contributed by atoms with Gasteiger partial charge in [0.15, 0.2) is 0 Å². The average molecular weight is 271 g/mol. The number of nitrogens with two attached hydrogens (primary N) is 1. The molecule has 0 bridgehead atoms. The van der Waals surface area contributed by atoms with Gasteiger partial charge in [-0.3, -0.25) is 0 Å². The Hall–Kier alpha value is -1.03. The van der Waals surface area contributed by atoms with Crippen molar-refractivity contribution in [1.29, 1.82) is 0 Å². The minimum Gasteiger partial charge on any atom is -0.321 e. The van der Waals surface area contributed by atoms with Gasteiger partial charge in [0, 0.05) is 5.54 Å². The molecule has 1 saturated carbocycles. The fraction of sp³-hybridized carbons (Fsp3) is 0.600. The van der Waals surface area contributed by atoms with Crippen molar-refractivity contribution in [3.63, 3.8) is 0 Å². The molecule has 1 fully saturated rings. The van der Waals surface area contributed by atoms with Crippen LogP contribution in [0.3, 0.4) is 0 Å². The van der Waals surface area contributed by atoms with Crippen molar-refractivity contribution >= 4 is 0 Å². The molecule has 0 aromatic heterocycles. The Morgan fingerprint density at radius 2 is 1.63 bits per heavy atom. The lowest BCUT2D eigenvalue weighted by molar-refractivity contribution is -0.137. The van der Waals surface area contributed by atoms with Gasteiger partial charge in [0.1, 0.15) is 0 Å². The summed E-state index contributed by atoms with van der Waals surface area (Å²) in [5.74, 6) is 0. The van der Waals surface area contributed by atoms with E-state index in [9.17, 15) is 13.2 Å². The van der Waals surface area contributed by atoms with Crippen molar-refractivity contribution in [2.24, 2.45) is 11.1 Å². The second-order valence-electron chi connectivity index (χ2n) is 6.40. The number of halogens is 3. The summed E-state index contributed by atoms with van der Waals surface area (Å²) in [5.41, 5.74) is 5.97. The van der Waals surface area contributed by atoms with Crippen molar-refractivity contribution in [1.82, 2.24) is 0 Å². The van der Waals surface area contributed by atoms with Crippen molar-refractivity contribution in [3.05, 3.63) is 35.4 Å². The van der Waals surface area contributed by atoms with Crippen molar-refractivity contribution < 1.29 is 13.2 Å². The van der Waals surface area contributed by atoms with Gasteiger partial charge in [-0.25, -0.2) is 0 Å². The summed E-state index contributed by atoms with van der Waals surface area (Å²) >= 11 is 0. The molecule has 2 rings (SSSR count). The molecule has 4 heteroatoms. The third-order valence-electron chi connectivity index (χ3n) is 4.26. The largest absolute Gasteiger partial charge is 0.416 e. The van der Waals surface area contributed by atoms with Crippen LogP contribution in [0.4, 0.5) is 13.2 Å². The van der Waals surface area contributed by atoms with Crippen LogP contribution >= 0.6 is 0 Å². The minimum absolute atomic E-state index is 0.241. The maximum atomic E-state index is 12.7. The molecule has 1 aromatic carbocycles. The summed E-state index contributed by atoms with van der Waals surface area (Å²) in [6, 6.07) is 5.47. The van der Waals surface area contributed by atoms with E-state index in [1.807, 2.05) is 0 Å². The van der Waals surface area contributed by atoms with E-state index >= 15 is 0 Å². The van der Waals surface area contributed by atoms with Crippen LogP contribution in [0, 0.1) is 5.41 Å². The van der Waals surface area contributed by atoms with E-state index < -0.39 is 17.3 Å². The van der Waals surface area contributed by atoms with Crippen LogP contribution in [0.5, 0.6) is 0 Å². The van der Waals surface area contributed by atoms with Crippen LogP contribution in [0.2, 0.25) is 0 Å². The third kappa shape index (κ3) is 3.11. The highest BCUT2D eigenvalue weighted by molar-refractivity contribution is 5.31. The smallest absolute Gasteiger partial charge is 0.321 e. The highest BCUT2D eigenvalue weighted by Crippen LogP contribution is 2.44. The Kier molecular flexibility index (Phi) is 3.42. The molecule has 1 aliphatic rings. The monoisotopic (exact) mass is 271 g/mol. The van der Waals surface area contributed by atoms with Gasteiger partial charge >= 0.3 is 6.18 Å². The zero-order valence-electron chi connectivity index (χ0n) is 11.3. The number of rotatable bonds is 1. The number of hydrogen-bond acceptors (Lipinski definition) is 1. The Balaban J connectivity index is 2.27. The Morgan fingerprint density at radius 1 is 1.05 bits per heavy atom. The second kappa shape index (κ2) is 4.51. The first-order chi connectivity index (χ1) is 8.62. The minimum atomic E-state index is -4.31. The van der Waals surface area contributed by atoms with Gasteiger partial charge in [-0.05, 0) is 48.8 Å². The summed E-state index contributed by atoms with van der Waals surface area (Å²) in [5, 5.41) is 0. The first-order valence-corrected chi connectivity index (χ1v) is 6.59. The van der Waals surface area contributed by atoms with Gasteiger partial charge in [-0.2, -0.15) is 13.2 Å². The van der Waals surface area contributed by atoms with Crippen molar-refractivity contribution in [2.75, 3.05) is 0 Å². The van der Waals surface area contributed by atoms with Crippen LogP contribution in [0.25, 0.3) is 0 Å². The number of benzene rings is 1. The molecule has 1 aliphatic carbocycles. The second-order valence-corrected chi connectivity index (χ2v) is 6.40. The van der Waals surface area contributed by atoms with Gasteiger partial charge in [0.25, 0.3) is 0 Å². The lowest BCUT2D eigenvalue weighted by atomic mass is 9.67. The molecule has 1 aromatic rings. The van der Waals surface area contributed by atoms with Gasteiger partial charge in [0.2, 0.25) is 0 Å². The average Bonchev–Trinajstić information content (AvgIpc) is 2.33. The fourth-order valence-corrected chi connectivity index (χ4v) is 2.67. The summed E-state index contributed by atoms with van der Waals surface area (Å²) in [4.78, 5) is 0. The maximum absolute atomic E-state index is 12.7. The van der Waals surface area contributed by atoms with Gasteiger partial charge in [-0.1, -0.05) is 26.0 Å². The van der Waals surface area contributed by atoms with E-state index in [1.54, 1.807) is 6.07 Å². The SMILES string of the molecule is CC1(C)CCC(N)(c2cccc(C(F)(F)F)c2)CC1. The molecule has 0 unspecified atom stereocenters. The van der Waals surface area contributed by atoms with Gasteiger partial charge < -0.3 is 5.73 Å². The summed E-state index contributed by atoms with van der Waals surface area (Å²) < 4.78 is 38.2. The van der Waals surface area contributed by atoms with E-state index in [-0.39, 0.29) is 5.41 Å². The zero-order chi connectivity index (χ0) is 14.3. The molecule has 0 saturated heterocycles. The van der Waals surface area contributed by atoms with E-state index in [4.69, 9.17) is 5.73 Å². The number of hydrogen-bond donors (Lipinski definition) is 1. The van der Waals surface area contributed by atoms with E-state index in [1.165, 1.54) is 12.1 Å². The summed E-state index contributed by atoms with van der Waals surface area (Å²) in [6.07, 6.45) is -0.942. The van der Waals surface area contributed by atoms with Crippen LogP contribution in [0.1, 0.15) is 50.7 Å². The first kappa shape index (κ1) is 14.4. The molecule has 0 radical (unpaired) electrons. The van der Waals surface area contributed by atoms with E-state index in [0.29, 0.717) is 5.56 Å². The van der Waals surface area contributed by atoms with Gasteiger partial charge in [0.05, 0.1) is 5.56 Å². The zero-order valence-corrected chi connectivity index (χ0v) is 11.3. The molecular weight excluding hydrogens is 251 g/mol. The van der Waals surface area contributed by atoms with Crippen LogP contribution in [-0.2, 0) is 11.7 Å². The molecule has 0 atom stereocenters. The van der Waals surface area contributed by atoms with Crippen LogP contribution < -0.4 is 5.73 Å². The fourth-order valence-electron chi connectivity index (χ4n) is 2.67. The third-order valence-corrected chi connectivity index (χ3v) is 4.26. The van der Waals surface area contributed by atoms with Crippen LogP contribution in [0.15, 0.2) is 24.3 Å². The van der Waals surface area contributed by atoms with Crippen LogP contribution in [-0.4, -0.2) is 0 Å². The summed E-state index contributed by atoms with van der Waals surface area (Å²) in [6.45, 7) is 4.36. The molecule has 0 aliphatic heterocycles. The lowest BCUT2D eigenvalue weighted by Crippen LogP contribution is -2.42. The summed E-state index contributed by atoms with van der Waals surface area (Å²) in [7, 11) is 0. The normalized spacial score (nSPS) is 22.2. The molecule has 2 N–H and O–H groups in total. The van der Waals surface area contributed by atoms with Crippen molar-refractivity contribution in [2.45, 2.75) is 51.2 Å². The molecule has 0 amide bonds. The maximum Gasteiger partial charge on any atom is 0.416 e. The molecule has 1 nitrogen and oxygen atoms in total. The molecule has 0 spiro atoms. The highest BCUT2D eigenvalue weighted by Gasteiger charge is 2.38.